The Morgan fingerprint density at radius 2 is 1.42 bits per heavy atom. The van der Waals surface area contributed by atoms with Crippen molar-refractivity contribution in [1.82, 2.24) is 0 Å². The largest absolute Gasteiger partial charge is 0.507 e. The normalized spacial score (nSPS) is 11.0. The molecule has 0 amide bonds. The number of phenolic OH excluding ortho intramolecular Hbond substituents is 1. The van der Waals surface area contributed by atoms with Crippen LogP contribution in [0.15, 0.2) is 48.5 Å². The van der Waals surface area contributed by atoms with E-state index < -0.39 is 0 Å². The molecule has 2 aromatic rings. The zero-order valence-electron chi connectivity index (χ0n) is 16.6. The van der Waals surface area contributed by atoms with Crippen LogP contribution < -0.4 is 0 Å². The first-order chi connectivity index (χ1) is 11.5. The maximum absolute atomic E-state index is 10.1. The van der Waals surface area contributed by atoms with E-state index in [1.165, 1.54) is 18.4 Å². The summed E-state index contributed by atoms with van der Waals surface area (Å²) in [5.74, 6) is 1.55. The lowest BCUT2D eigenvalue weighted by atomic mass is 9.90. The first-order valence-corrected chi connectivity index (χ1v) is 9.37. The van der Waals surface area contributed by atoms with E-state index in [0.717, 1.165) is 11.1 Å². The van der Waals surface area contributed by atoms with E-state index in [2.05, 4.69) is 40.7 Å². The summed E-state index contributed by atoms with van der Waals surface area (Å²) in [4.78, 5) is 0. The van der Waals surface area contributed by atoms with E-state index >= 15 is 0 Å². The Balaban J connectivity index is 0.000000952. The van der Waals surface area contributed by atoms with Gasteiger partial charge in [0.15, 0.2) is 0 Å². The molecule has 0 aliphatic rings. The summed E-state index contributed by atoms with van der Waals surface area (Å²) in [6.45, 7) is 15.0. The molecule has 1 nitrogen and oxygen atoms in total. The summed E-state index contributed by atoms with van der Waals surface area (Å²) in [7, 11) is 0. The summed E-state index contributed by atoms with van der Waals surface area (Å²) in [6.07, 6.45) is 2.42. The second-order valence-electron chi connectivity index (χ2n) is 6.38. The number of hydrogen-bond donors (Lipinski definition) is 1. The molecule has 0 radical (unpaired) electrons. The Labute approximate surface area is 149 Å². The molecule has 2 aromatic carbocycles. The molecular formula is C23H36O. The molecular weight excluding hydrogens is 292 g/mol. The summed E-state index contributed by atoms with van der Waals surface area (Å²) in [5.41, 5.74) is 3.29. The molecule has 1 heteroatoms. The Morgan fingerprint density at radius 3 is 1.92 bits per heavy atom. The van der Waals surface area contributed by atoms with Crippen LogP contribution in [0.3, 0.4) is 0 Å². The molecule has 0 aliphatic carbocycles. The average molecular weight is 329 g/mol. The van der Waals surface area contributed by atoms with E-state index in [1.54, 1.807) is 0 Å². The van der Waals surface area contributed by atoms with Gasteiger partial charge in [0.2, 0.25) is 0 Å². The topological polar surface area (TPSA) is 20.2 Å². The molecule has 0 aliphatic heterocycles. The smallest absolute Gasteiger partial charge is 0.123 e. The summed E-state index contributed by atoms with van der Waals surface area (Å²) in [5, 5.41) is 10.1. The van der Waals surface area contributed by atoms with Crippen molar-refractivity contribution in [1.29, 1.82) is 0 Å². The molecule has 0 aromatic heterocycles. The second-order valence-corrected chi connectivity index (χ2v) is 6.38. The fourth-order valence-corrected chi connectivity index (χ4v) is 2.55. The molecule has 0 saturated carbocycles. The van der Waals surface area contributed by atoms with Crippen LogP contribution >= 0.6 is 0 Å². The molecule has 1 N–H and O–H groups in total. The van der Waals surface area contributed by atoms with Crippen molar-refractivity contribution in [3.05, 3.63) is 54.1 Å². The van der Waals surface area contributed by atoms with Crippen molar-refractivity contribution in [3.8, 4) is 16.9 Å². The van der Waals surface area contributed by atoms with E-state index in [-0.39, 0.29) is 0 Å². The lowest BCUT2D eigenvalue weighted by Gasteiger charge is -2.16. The van der Waals surface area contributed by atoms with Gasteiger partial charge in [-0.1, -0.05) is 91.3 Å². The summed E-state index contributed by atoms with van der Waals surface area (Å²) in [6, 6.07) is 16.0. The molecule has 0 spiro atoms. The van der Waals surface area contributed by atoms with E-state index in [4.69, 9.17) is 0 Å². The van der Waals surface area contributed by atoms with Crippen molar-refractivity contribution >= 4 is 0 Å². The van der Waals surface area contributed by atoms with Gasteiger partial charge >= 0.3 is 0 Å². The van der Waals surface area contributed by atoms with Crippen LogP contribution in [0.5, 0.6) is 5.75 Å². The van der Waals surface area contributed by atoms with Gasteiger partial charge in [-0.15, -0.1) is 0 Å². The van der Waals surface area contributed by atoms with E-state index in [9.17, 15) is 5.11 Å². The van der Waals surface area contributed by atoms with Gasteiger partial charge in [-0.25, -0.2) is 0 Å². The third-order valence-electron chi connectivity index (χ3n) is 3.50. The Hall–Kier alpha value is -1.76. The van der Waals surface area contributed by atoms with Gasteiger partial charge in [0.05, 0.1) is 0 Å². The highest BCUT2D eigenvalue weighted by molar-refractivity contribution is 5.70. The van der Waals surface area contributed by atoms with E-state index in [0.29, 0.717) is 17.6 Å². The standard InChI is InChI=1S/C18H22O.C3H8.C2H6/c1-13(2)11-14(3)16-9-10-18(19)17(12-16)15-7-5-4-6-8-15;1-3-2;1-2/h4-10,12-14,19H,11H2,1-3H3;3H2,1-2H3;1-2H3. The first-order valence-electron chi connectivity index (χ1n) is 9.37. The molecule has 1 unspecified atom stereocenters. The van der Waals surface area contributed by atoms with Gasteiger partial charge in [-0.2, -0.15) is 0 Å². The Kier molecular flexibility index (Phi) is 11.7. The van der Waals surface area contributed by atoms with E-state index in [1.807, 2.05) is 56.3 Å². The van der Waals surface area contributed by atoms with Crippen LogP contribution in [0.25, 0.3) is 11.1 Å². The number of benzene rings is 2. The number of aromatic hydroxyl groups is 1. The zero-order valence-corrected chi connectivity index (χ0v) is 16.6. The Bertz CT molecular complexity index is 543. The van der Waals surface area contributed by atoms with Crippen LogP contribution in [0.1, 0.15) is 72.8 Å². The second kappa shape index (κ2) is 12.6. The molecule has 0 bridgehead atoms. The molecule has 0 heterocycles. The number of phenols is 1. The molecule has 0 saturated heterocycles. The van der Waals surface area contributed by atoms with Gasteiger partial charge in [0.1, 0.15) is 5.75 Å². The number of hydrogen-bond acceptors (Lipinski definition) is 1. The third kappa shape index (κ3) is 7.68. The maximum Gasteiger partial charge on any atom is 0.123 e. The lowest BCUT2D eigenvalue weighted by molar-refractivity contribution is 0.476. The van der Waals surface area contributed by atoms with Crippen molar-refractivity contribution < 1.29 is 5.11 Å². The summed E-state index contributed by atoms with van der Waals surface area (Å²) >= 11 is 0. The van der Waals surface area contributed by atoms with Crippen LogP contribution in [-0.2, 0) is 0 Å². The molecule has 2 rings (SSSR count). The highest BCUT2D eigenvalue weighted by Gasteiger charge is 2.11. The van der Waals surface area contributed by atoms with Crippen LogP contribution in [-0.4, -0.2) is 5.11 Å². The predicted molar refractivity (Wildman–Crippen MR) is 109 cm³/mol. The quantitative estimate of drug-likeness (QED) is 0.611. The molecule has 0 fully saturated rings. The average Bonchev–Trinajstić information content (AvgIpc) is 2.58. The fraction of sp³-hybridized carbons (Fsp3) is 0.478. The van der Waals surface area contributed by atoms with Gasteiger partial charge in [-0.3, -0.25) is 0 Å². The molecule has 24 heavy (non-hydrogen) atoms. The SMILES string of the molecule is CC.CC(C)CC(C)c1ccc(O)c(-c2ccccc2)c1.CCC. The highest BCUT2D eigenvalue weighted by atomic mass is 16.3. The lowest BCUT2D eigenvalue weighted by Crippen LogP contribution is -1.99. The van der Waals surface area contributed by atoms with Gasteiger partial charge in [-0.05, 0) is 41.5 Å². The van der Waals surface area contributed by atoms with Crippen molar-refractivity contribution in [3.63, 3.8) is 0 Å². The predicted octanol–water partition coefficient (Wildman–Crippen LogP) is 7.65. The Morgan fingerprint density at radius 1 is 0.875 bits per heavy atom. The van der Waals surface area contributed by atoms with Crippen molar-refractivity contribution in [2.75, 3.05) is 0 Å². The highest BCUT2D eigenvalue weighted by Crippen LogP contribution is 2.33. The van der Waals surface area contributed by atoms with Crippen LogP contribution in [0, 0.1) is 5.92 Å². The summed E-state index contributed by atoms with van der Waals surface area (Å²) < 4.78 is 0. The first kappa shape index (κ1) is 22.2. The third-order valence-corrected chi connectivity index (χ3v) is 3.50. The number of rotatable bonds is 4. The van der Waals surface area contributed by atoms with Gasteiger partial charge < -0.3 is 5.11 Å². The minimum atomic E-state index is 0.353. The zero-order chi connectivity index (χ0) is 18.5. The van der Waals surface area contributed by atoms with Crippen LogP contribution in [0.2, 0.25) is 0 Å². The fourth-order valence-electron chi connectivity index (χ4n) is 2.55. The monoisotopic (exact) mass is 328 g/mol. The van der Waals surface area contributed by atoms with Crippen molar-refractivity contribution in [2.24, 2.45) is 5.92 Å². The molecule has 134 valence electrons. The van der Waals surface area contributed by atoms with Gasteiger partial charge in [0, 0.05) is 5.56 Å². The van der Waals surface area contributed by atoms with Crippen LogP contribution in [0.4, 0.5) is 0 Å². The maximum atomic E-state index is 10.1. The van der Waals surface area contributed by atoms with Crippen molar-refractivity contribution in [2.45, 2.75) is 67.2 Å². The minimum absolute atomic E-state index is 0.353. The molecule has 1 atom stereocenters. The minimum Gasteiger partial charge on any atom is -0.507 e. The van der Waals surface area contributed by atoms with Gasteiger partial charge in [0.25, 0.3) is 0 Å².